The predicted octanol–water partition coefficient (Wildman–Crippen LogP) is 2.56. The smallest absolute Gasteiger partial charge is 0.180 e. The van der Waals surface area contributed by atoms with Crippen molar-refractivity contribution < 1.29 is 0 Å². The molecule has 0 bridgehead atoms. The van der Waals surface area contributed by atoms with Gasteiger partial charge in [0.1, 0.15) is 5.52 Å². The highest BCUT2D eigenvalue weighted by Gasteiger charge is 2.21. The first-order chi connectivity index (χ1) is 9.11. The lowest BCUT2D eigenvalue weighted by molar-refractivity contribution is 0.414. The Morgan fingerprint density at radius 1 is 1.47 bits per heavy atom. The maximum Gasteiger partial charge on any atom is 0.180 e. The van der Waals surface area contributed by atoms with Crippen molar-refractivity contribution in [1.82, 2.24) is 19.9 Å². The second-order valence-electron chi connectivity index (χ2n) is 4.75. The molecule has 19 heavy (non-hydrogen) atoms. The lowest BCUT2D eigenvalue weighted by atomic mass is 10.2. The number of pyridine rings is 1. The van der Waals surface area contributed by atoms with Gasteiger partial charge in [0, 0.05) is 23.3 Å². The van der Waals surface area contributed by atoms with Crippen molar-refractivity contribution >= 4 is 44.5 Å². The SMILES string of the molecule is CN1CCC(Nc2nc3ncc(Br)cc3nc2Cl)C1. The number of halogens is 2. The number of rotatable bonds is 2. The van der Waals surface area contributed by atoms with Crippen LogP contribution < -0.4 is 5.32 Å². The van der Waals surface area contributed by atoms with Gasteiger partial charge in [-0.25, -0.2) is 15.0 Å². The van der Waals surface area contributed by atoms with Crippen molar-refractivity contribution in [3.05, 3.63) is 21.9 Å². The fourth-order valence-electron chi connectivity index (χ4n) is 2.24. The first-order valence-electron chi connectivity index (χ1n) is 6.06. The van der Waals surface area contributed by atoms with Gasteiger partial charge in [0.2, 0.25) is 0 Å². The molecule has 2 aromatic rings. The number of nitrogens with zero attached hydrogens (tertiary/aromatic N) is 4. The minimum Gasteiger partial charge on any atom is -0.363 e. The van der Waals surface area contributed by atoms with E-state index in [4.69, 9.17) is 11.6 Å². The van der Waals surface area contributed by atoms with Crippen LogP contribution in [0.1, 0.15) is 6.42 Å². The van der Waals surface area contributed by atoms with Crippen LogP contribution in [-0.4, -0.2) is 46.0 Å². The van der Waals surface area contributed by atoms with Crippen molar-refractivity contribution in [3.8, 4) is 0 Å². The Morgan fingerprint density at radius 3 is 3.05 bits per heavy atom. The second-order valence-corrected chi connectivity index (χ2v) is 6.03. The van der Waals surface area contributed by atoms with Crippen LogP contribution in [0.25, 0.3) is 11.2 Å². The molecular formula is C12H13BrClN5. The van der Waals surface area contributed by atoms with E-state index < -0.39 is 0 Å². The summed E-state index contributed by atoms with van der Waals surface area (Å²) in [6.07, 6.45) is 2.79. The third-order valence-electron chi connectivity index (χ3n) is 3.18. The Balaban J connectivity index is 1.91. The van der Waals surface area contributed by atoms with Crippen molar-refractivity contribution in [1.29, 1.82) is 0 Å². The van der Waals surface area contributed by atoms with E-state index in [2.05, 4.69) is 48.1 Å². The molecule has 1 aliphatic rings. The van der Waals surface area contributed by atoms with Crippen molar-refractivity contribution in [2.24, 2.45) is 0 Å². The third-order valence-corrected chi connectivity index (χ3v) is 3.87. The molecule has 1 atom stereocenters. The highest BCUT2D eigenvalue weighted by atomic mass is 79.9. The monoisotopic (exact) mass is 341 g/mol. The van der Waals surface area contributed by atoms with Gasteiger partial charge < -0.3 is 10.2 Å². The molecular weight excluding hydrogens is 330 g/mol. The zero-order valence-electron chi connectivity index (χ0n) is 10.4. The van der Waals surface area contributed by atoms with Crippen LogP contribution in [0, 0.1) is 0 Å². The summed E-state index contributed by atoms with van der Waals surface area (Å²) in [5.74, 6) is 0.615. The Morgan fingerprint density at radius 2 is 2.32 bits per heavy atom. The zero-order chi connectivity index (χ0) is 13.4. The van der Waals surface area contributed by atoms with Gasteiger partial charge in [-0.05, 0) is 42.0 Å². The summed E-state index contributed by atoms with van der Waals surface area (Å²) in [5.41, 5.74) is 1.29. The Kier molecular flexibility index (Phi) is 3.56. The van der Waals surface area contributed by atoms with E-state index in [0.717, 1.165) is 24.0 Å². The summed E-state index contributed by atoms with van der Waals surface area (Å²) < 4.78 is 0.864. The molecule has 1 saturated heterocycles. The Hall–Kier alpha value is -0.980. The van der Waals surface area contributed by atoms with E-state index in [9.17, 15) is 0 Å². The van der Waals surface area contributed by atoms with Gasteiger partial charge in [-0.1, -0.05) is 11.6 Å². The molecule has 1 N–H and O–H groups in total. The number of likely N-dealkylation sites (N-methyl/N-ethyl adjacent to an activating group) is 1. The number of fused-ring (bicyclic) bond motifs is 1. The van der Waals surface area contributed by atoms with Gasteiger partial charge in [0.05, 0.1) is 0 Å². The molecule has 100 valence electrons. The molecule has 0 saturated carbocycles. The summed E-state index contributed by atoms with van der Waals surface area (Å²) in [4.78, 5) is 15.3. The Bertz CT molecular complexity index is 620. The van der Waals surface area contributed by atoms with E-state index in [1.165, 1.54) is 0 Å². The van der Waals surface area contributed by atoms with Crippen molar-refractivity contribution in [2.45, 2.75) is 12.5 Å². The summed E-state index contributed by atoms with van der Waals surface area (Å²) in [5, 5.41) is 3.74. The quantitative estimate of drug-likeness (QED) is 0.909. The molecule has 1 fully saturated rings. The largest absolute Gasteiger partial charge is 0.363 e. The molecule has 5 nitrogen and oxygen atoms in total. The lowest BCUT2D eigenvalue weighted by Crippen LogP contribution is -2.24. The first kappa shape index (κ1) is 13.0. The predicted molar refractivity (Wildman–Crippen MR) is 79.6 cm³/mol. The topological polar surface area (TPSA) is 53.9 Å². The minimum atomic E-state index is 0.365. The highest BCUT2D eigenvalue weighted by molar-refractivity contribution is 9.10. The van der Waals surface area contributed by atoms with Crippen LogP contribution in [0.2, 0.25) is 5.15 Å². The number of hydrogen-bond acceptors (Lipinski definition) is 5. The maximum absolute atomic E-state index is 6.18. The van der Waals surface area contributed by atoms with E-state index in [0.29, 0.717) is 28.2 Å². The maximum atomic E-state index is 6.18. The van der Waals surface area contributed by atoms with Gasteiger partial charge in [-0.2, -0.15) is 0 Å². The molecule has 2 aromatic heterocycles. The van der Waals surface area contributed by atoms with Gasteiger partial charge in [-0.15, -0.1) is 0 Å². The van der Waals surface area contributed by atoms with Crippen molar-refractivity contribution in [2.75, 3.05) is 25.5 Å². The highest BCUT2D eigenvalue weighted by Crippen LogP contribution is 2.24. The molecule has 7 heteroatoms. The van der Waals surface area contributed by atoms with E-state index in [1.54, 1.807) is 6.20 Å². The van der Waals surface area contributed by atoms with Crippen molar-refractivity contribution in [3.63, 3.8) is 0 Å². The first-order valence-corrected chi connectivity index (χ1v) is 7.23. The van der Waals surface area contributed by atoms with Crippen LogP contribution in [0.5, 0.6) is 0 Å². The van der Waals surface area contributed by atoms with E-state index in [1.807, 2.05) is 6.07 Å². The second kappa shape index (κ2) is 5.19. The molecule has 1 aliphatic heterocycles. The van der Waals surface area contributed by atoms with E-state index in [-0.39, 0.29) is 0 Å². The molecule has 0 spiro atoms. The number of hydrogen-bond donors (Lipinski definition) is 1. The normalized spacial score (nSPS) is 20.1. The summed E-state index contributed by atoms with van der Waals surface area (Å²) in [6.45, 7) is 2.07. The van der Waals surface area contributed by atoms with Gasteiger partial charge in [0.25, 0.3) is 0 Å². The zero-order valence-corrected chi connectivity index (χ0v) is 12.7. The molecule has 3 rings (SSSR count). The molecule has 0 aromatic carbocycles. The van der Waals surface area contributed by atoms with Crippen LogP contribution >= 0.6 is 27.5 Å². The summed E-state index contributed by atoms with van der Waals surface area (Å²) in [7, 11) is 2.11. The van der Waals surface area contributed by atoms with Crippen LogP contribution in [0.15, 0.2) is 16.7 Å². The average Bonchev–Trinajstić information content (AvgIpc) is 2.76. The number of aromatic nitrogens is 3. The fourth-order valence-corrected chi connectivity index (χ4v) is 2.75. The van der Waals surface area contributed by atoms with E-state index >= 15 is 0 Å². The Labute approximate surface area is 124 Å². The van der Waals surface area contributed by atoms with Gasteiger partial charge >= 0.3 is 0 Å². The number of likely N-dealkylation sites (tertiary alicyclic amines) is 1. The molecule has 0 aliphatic carbocycles. The molecule has 3 heterocycles. The summed E-state index contributed by atoms with van der Waals surface area (Å²) in [6, 6.07) is 2.22. The average molecular weight is 343 g/mol. The molecule has 0 radical (unpaired) electrons. The fraction of sp³-hybridized carbons (Fsp3) is 0.417. The van der Waals surface area contributed by atoms with Crippen LogP contribution in [-0.2, 0) is 0 Å². The number of nitrogens with one attached hydrogen (secondary N) is 1. The number of anilines is 1. The standard InChI is InChI=1S/C12H13BrClN5/c1-19-3-2-8(6-19)16-12-10(14)17-9-4-7(13)5-15-11(9)18-12/h4-5,8H,2-3,6H2,1H3,(H,15,16,18). The summed E-state index contributed by atoms with van der Waals surface area (Å²) >= 11 is 9.54. The van der Waals surface area contributed by atoms with Crippen LogP contribution in [0.4, 0.5) is 5.82 Å². The molecule has 1 unspecified atom stereocenters. The van der Waals surface area contributed by atoms with Crippen LogP contribution in [0.3, 0.4) is 0 Å². The third kappa shape index (κ3) is 2.80. The van der Waals surface area contributed by atoms with Gasteiger partial charge in [-0.3, -0.25) is 0 Å². The minimum absolute atomic E-state index is 0.365. The lowest BCUT2D eigenvalue weighted by Gasteiger charge is -2.14. The molecule has 0 amide bonds. The van der Waals surface area contributed by atoms with Gasteiger partial charge in [0.15, 0.2) is 16.6 Å².